The number of rotatable bonds is 8. The van der Waals surface area contributed by atoms with E-state index in [4.69, 9.17) is 0 Å². The fourth-order valence-corrected chi connectivity index (χ4v) is 8.06. The first-order valence-corrected chi connectivity index (χ1v) is 15.2. The molecule has 0 fully saturated rings. The minimum atomic E-state index is -2.31. The maximum atomic E-state index is 11.6. The average Bonchev–Trinajstić information content (AvgIpc) is 2.84. The van der Waals surface area contributed by atoms with Crippen LogP contribution < -0.4 is 59.1 Å². The summed E-state index contributed by atoms with van der Waals surface area (Å²) in [5.41, 5.74) is 3.03. The maximum Gasteiger partial charge on any atom is 1.00 e. The van der Waals surface area contributed by atoms with Gasteiger partial charge in [0.25, 0.3) is 0 Å². The topological polar surface area (TPSA) is 80.3 Å². The first kappa shape index (κ1) is 31.4. The van der Waals surface area contributed by atoms with Crippen LogP contribution in [0.1, 0.15) is 0 Å². The molecule has 2 atom stereocenters. The van der Waals surface area contributed by atoms with Gasteiger partial charge in [0.15, 0.2) is 0 Å². The molecule has 35 heavy (non-hydrogen) atoms. The van der Waals surface area contributed by atoms with E-state index in [0.717, 1.165) is 20.9 Å². The Morgan fingerprint density at radius 1 is 0.543 bits per heavy atom. The Labute approximate surface area is 265 Å². The third kappa shape index (κ3) is 8.58. The van der Waals surface area contributed by atoms with Crippen LogP contribution in [0, 0.1) is 0 Å². The van der Waals surface area contributed by atoms with Crippen molar-refractivity contribution in [3.63, 3.8) is 0 Å². The monoisotopic (exact) mass is 574 g/mol. The van der Waals surface area contributed by atoms with Crippen molar-refractivity contribution in [2.24, 2.45) is 0 Å². The molecule has 0 saturated heterocycles. The van der Waals surface area contributed by atoms with Crippen molar-refractivity contribution < 1.29 is 76.6 Å². The zero-order valence-corrected chi connectivity index (χ0v) is 27.0. The molecule has 0 saturated carbocycles. The van der Waals surface area contributed by atoms with Gasteiger partial charge in [-0.15, -0.1) is 0 Å². The fraction of sp³-hybridized carbons (Fsp3) is 0. The molecule has 0 amide bonds. The molecular formula is C24H16Na2O4S5. The summed E-state index contributed by atoms with van der Waals surface area (Å²) in [6.07, 6.45) is 0. The Bertz CT molecular complexity index is 1240. The molecule has 0 aromatic heterocycles. The average molecular weight is 575 g/mol. The third-order valence-corrected chi connectivity index (χ3v) is 9.93. The van der Waals surface area contributed by atoms with Crippen molar-refractivity contribution in [2.45, 2.75) is 19.6 Å². The van der Waals surface area contributed by atoms with Crippen LogP contribution in [0.3, 0.4) is 0 Å². The van der Waals surface area contributed by atoms with Gasteiger partial charge in [-0.2, -0.15) is 0 Å². The molecule has 0 N–H and O–H groups in total. The molecule has 0 aliphatic carbocycles. The number of benzene rings is 4. The van der Waals surface area contributed by atoms with E-state index in [1.54, 1.807) is 67.8 Å². The Morgan fingerprint density at radius 2 is 0.943 bits per heavy atom. The van der Waals surface area contributed by atoms with Gasteiger partial charge in [0.2, 0.25) is 0 Å². The fourth-order valence-electron chi connectivity index (χ4n) is 3.23. The van der Waals surface area contributed by atoms with Crippen molar-refractivity contribution in [1.82, 2.24) is 0 Å². The Kier molecular flexibility index (Phi) is 13.9. The van der Waals surface area contributed by atoms with E-state index >= 15 is 0 Å². The smallest absolute Gasteiger partial charge is 0.768 e. The van der Waals surface area contributed by atoms with Crippen molar-refractivity contribution in [1.29, 1.82) is 0 Å². The predicted molar refractivity (Wildman–Crippen MR) is 137 cm³/mol. The van der Waals surface area contributed by atoms with E-state index in [9.17, 15) is 17.5 Å². The quantitative estimate of drug-likeness (QED) is 0.176. The number of hydrogen-bond acceptors (Lipinski definition) is 7. The van der Waals surface area contributed by atoms with Crippen LogP contribution in [0.5, 0.6) is 0 Å². The summed E-state index contributed by atoms with van der Waals surface area (Å²) in [6.45, 7) is 0. The summed E-state index contributed by atoms with van der Waals surface area (Å²) in [4.78, 5) is 2.55. The van der Waals surface area contributed by atoms with Gasteiger partial charge >= 0.3 is 59.1 Å². The summed E-state index contributed by atoms with van der Waals surface area (Å²) in [5.74, 6) is 0. The van der Waals surface area contributed by atoms with Gasteiger partial charge in [-0.05, 0) is 112 Å². The molecule has 0 spiro atoms. The summed E-state index contributed by atoms with van der Waals surface area (Å²) in [7, 11) is 4.73. The molecule has 168 valence electrons. The van der Waals surface area contributed by atoms with Crippen LogP contribution >= 0.6 is 31.4 Å². The number of hydrogen-bond donors (Lipinski definition) is 0. The minimum absolute atomic E-state index is 0. The van der Waals surface area contributed by atoms with Crippen molar-refractivity contribution >= 4 is 53.6 Å². The van der Waals surface area contributed by atoms with Gasteiger partial charge in [0, 0.05) is 19.6 Å². The van der Waals surface area contributed by atoms with Gasteiger partial charge in [0.1, 0.15) is 0 Å². The summed E-state index contributed by atoms with van der Waals surface area (Å²) >= 11 is -4.61. The largest absolute Gasteiger partial charge is 1.00 e. The Morgan fingerprint density at radius 3 is 1.34 bits per heavy atom. The van der Waals surface area contributed by atoms with Crippen molar-refractivity contribution in [2.75, 3.05) is 0 Å². The molecular weight excluding hydrogens is 559 g/mol. The molecule has 0 radical (unpaired) electrons. The van der Waals surface area contributed by atoms with Crippen LogP contribution in [0.15, 0.2) is 117 Å². The van der Waals surface area contributed by atoms with Crippen LogP contribution in [0.4, 0.5) is 0 Å². The maximum absolute atomic E-state index is 11.6. The molecule has 0 aliphatic heterocycles. The zero-order chi connectivity index (χ0) is 23.2. The van der Waals surface area contributed by atoms with Crippen LogP contribution in [-0.2, 0) is 22.2 Å². The molecule has 4 aromatic carbocycles. The van der Waals surface area contributed by atoms with Crippen molar-refractivity contribution in [3.05, 3.63) is 97.1 Å². The second kappa shape index (κ2) is 15.5. The first-order valence-electron chi connectivity index (χ1n) is 9.61. The standard InChI is InChI=1S/C24H18O4S5.2Na/c25-32(26)23-13-3-1-11-21(23)17-7-5-9-19(15-17)29-31-30-20-10-6-8-18(16-20)22-12-2-4-14-24(22)33(27)28;;/h1-16H,(H,25,26)(H,27,28);;/q;2*+1/p-2. The minimum Gasteiger partial charge on any atom is -0.768 e. The second-order valence-corrected chi connectivity index (χ2v) is 12.6. The zero-order valence-electron chi connectivity index (χ0n) is 18.9. The Balaban J connectivity index is 0.00000216. The van der Waals surface area contributed by atoms with Gasteiger partial charge < -0.3 is 9.11 Å². The molecule has 4 rings (SSSR count). The predicted octanol–water partition coefficient (Wildman–Crippen LogP) is 0.952. The van der Waals surface area contributed by atoms with Gasteiger partial charge in [0.05, 0.1) is 0 Å². The first-order chi connectivity index (χ1) is 16.0. The molecule has 11 heteroatoms. The van der Waals surface area contributed by atoms with Gasteiger partial charge in [-0.3, -0.25) is 8.42 Å². The van der Waals surface area contributed by atoms with E-state index < -0.39 is 22.2 Å². The summed E-state index contributed by atoms with van der Waals surface area (Å²) in [6, 6.07) is 29.4. The van der Waals surface area contributed by atoms with Gasteiger partial charge in [-0.1, -0.05) is 60.7 Å². The molecule has 2 unspecified atom stereocenters. The van der Waals surface area contributed by atoms with Crippen molar-refractivity contribution in [3.8, 4) is 22.3 Å². The van der Waals surface area contributed by atoms with Crippen LogP contribution in [0.25, 0.3) is 22.3 Å². The second-order valence-electron chi connectivity index (χ2n) is 6.75. The third-order valence-electron chi connectivity index (χ3n) is 4.68. The van der Waals surface area contributed by atoms with E-state index in [2.05, 4.69) is 0 Å². The SMILES string of the molecule is O=S([O-])c1ccccc1-c1cccc(SSSc2cccc(-c3ccccc3S(=O)[O-])c2)c1.[Na+].[Na+]. The van der Waals surface area contributed by atoms with Gasteiger partial charge in [-0.25, -0.2) is 0 Å². The van der Waals surface area contributed by atoms with E-state index in [0.29, 0.717) is 11.1 Å². The molecule has 4 aromatic rings. The van der Waals surface area contributed by atoms with E-state index in [-0.39, 0.29) is 68.9 Å². The molecule has 0 aliphatic rings. The Hall–Kier alpha value is 0.150. The summed E-state index contributed by atoms with van der Waals surface area (Å²) in [5, 5.41) is 0. The van der Waals surface area contributed by atoms with Crippen LogP contribution in [-0.4, -0.2) is 17.5 Å². The van der Waals surface area contributed by atoms with Crippen LogP contribution in [0.2, 0.25) is 0 Å². The molecule has 0 bridgehead atoms. The van der Waals surface area contributed by atoms with E-state index in [1.807, 2.05) is 60.7 Å². The molecule has 0 heterocycles. The normalized spacial score (nSPS) is 12.2. The molecule has 4 nitrogen and oxygen atoms in total. The van der Waals surface area contributed by atoms with E-state index in [1.165, 1.54) is 0 Å². The summed E-state index contributed by atoms with van der Waals surface area (Å²) < 4.78 is 46.2.